The van der Waals surface area contributed by atoms with E-state index in [1.54, 1.807) is 12.3 Å². The van der Waals surface area contributed by atoms with E-state index in [9.17, 15) is 4.79 Å². The summed E-state index contributed by atoms with van der Waals surface area (Å²) in [5.41, 5.74) is 7.27. The lowest BCUT2D eigenvalue weighted by Crippen LogP contribution is -2.25. The number of nitrogen functional groups attached to an aromatic ring is 1. The van der Waals surface area contributed by atoms with Crippen LogP contribution in [0, 0.1) is 11.8 Å². The van der Waals surface area contributed by atoms with Crippen molar-refractivity contribution in [2.75, 3.05) is 31.9 Å². The van der Waals surface area contributed by atoms with E-state index < -0.39 is 0 Å². The van der Waals surface area contributed by atoms with E-state index in [0.29, 0.717) is 0 Å². The highest BCUT2D eigenvalue weighted by atomic mass is 16.1. The van der Waals surface area contributed by atoms with Crippen molar-refractivity contribution >= 4 is 5.82 Å². The predicted molar refractivity (Wildman–Crippen MR) is 89.4 cm³/mol. The number of hydrogen-bond acceptors (Lipinski definition) is 5. The van der Waals surface area contributed by atoms with E-state index in [1.165, 1.54) is 23.2 Å². The van der Waals surface area contributed by atoms with Crippen molar-refractivity contribution in [3.05, 3.63) is 52.6 Å². The molecule has 1 aromatic heterocycles. The lowest BCUT2D eigenvalue weighted by Gasteiger charge is -2.17. The van der Waals surface area contributed by atoms with Crippen LogP contribution in [-0.2, 0) is 6.54 Å². The molecular weight excluding hydrogens is 290 g/mol. The van der Waals surface area contributed by atoms with Gasteiger partial charge in [0.05, 0.1) is 5.69 Å². The molecule has 0 spiro atoms. The number of aromatic nitrogens is 2. The minimum Gasteiger partial charge on any atom is -0.383 e. The smallest absolute Gasteiger partial charge is 0.354 e. The summed E-state index contributed by atoms with van der Waals surface area (Å²) >= 11 is 0. The van der Waals surface area contributed by atoms with Crippen LogP contribution >= 0.6 is 0 Å². The Kier molecular flexibility index (Phi) is 3.63. The van der Waals surface area contributed by atoms with Crippen molar-refractivity contribution in [2.45, 2.75) is 6.54 Å². The maximum atomic E-state index is 11.9. The Morgan fingerprint density at radius 1 is 1.13 bits per heavy atom. The highest BCUT2D eigenvalue weighted by Crippen LogP contribution is 2.27. The van der Waals surface area contributed by atoms with Gasteiger partial charge >= 0.3 is 5.69 Å². The molecule has 4 rings (SSSR count). The predicted octanol–water partition coefficient (Wildman–Crippen LogP) is 0.466. The highest BCUT2D eigenvalue weighted by Gasteiger charge is 2.35. The number of benzene rings is 1. The third-order valence-corrected chi connectivity index (χ3v) is 4.91. The Bertz CT molecular complexity index is 742. The Labute approximate surface area is 134 Å². The molecule has 2 saturated heterocycles. The molecule has 2 aliphatic heterocycles. The first-order valence-corrected chi connectivity index (χ1v) is 8.06. The van der Waals surface area contributed by atoms with Crippen LogP contribution in [0.5, 0.6) is 0 Å². The zero-order valence-electron chi connectivity index (χ0n) is 13.0. The number of fused-ring (bicyclic) bond motifs is 1. The molecule has 1 aromatic carbocycles. The first-order chi connectivity index (χ1) is 11.2. The van der Waals surface area contributed by atoms with Gasteiger partial charge in [-0.3, -0.25) is 9.47 Å². The maximum absolute atomic E-state index is 11.9. The molecule has 6 nitrogen and oxygen atoms in total. The molecule has 3 N–H and O–H groups in total. The van der Waals surface area contributed by atoms with Gasteiger partial charge in [0, 0.05) is 25.8 Å². The molecule has 3 heterocycles. The minimum absolute atomic E-state index is 0.247. The van der Waals surface area contributed by atoms with Gasteiger partial charge in [-0.1, -0.05) is 12.1 Å². The number of nitrogens with two attached hydrogens (primary N) is 1. The molecule has 2 aromatic rings. The zero-order valence-corrected chi connectivity index (χ0v) is 13.0. The summed E-state index contributed by atoms with van der Waals surface area (Å²) in [5.74, 6) is 1.87. The summed E-state index contributed by atoms with van der Waals surface area (Å²) in [6, 6.07) is 9.74. The van der Waals surface area contributed by atoms with Gasteiger partial charge in [0.2, 0.25) is 0 Å². The van der Waals surface area contributed by atoms with Crippen LogP contribution in [-0.4, -0.2) is 40.6 Å². The van der Waals surface area contributed by atoms with E-state index in [2.05, 4.69) is 27.3 Å². The van der Waals surface area contributed by atoms with Crippen molar-refractivity contribution in [1.82, 2.24) is 19.8 Å². The van der Waals surface area contributed by atoms with Crippen LogP contribution in [0.2, 0.25) is 0 Å². The summed E-state index contributed by atoms with van der Waals surface area (Å²) < 4.78 is 1.51. The Morgan fingerprint density at radius 2 is 1.83 bits per heavy atom. The second-order valence-corrected chi connectivity index (χ2v) is 6.54. The normalized spacial score (nSPS) is 24.0. The van der Waals surface area contributed by atoms with Gasteiger partial charge in [-0.25, -0.2) is 4.79 Å². The number of nitrogens with one attached hydrogen (secondary N) is 1. The quantitative estimate of drug-likeness (QED) is 0.861. The van der Waals surface area contributed by atoms with Crippen LogP contribution in [0.25, 0.3) is 5.69 Å². The Hall–Kier alpha value is -2.18. The minimum atomic E-state index is -0.349. The first kappa shape index (κ1) is 14.4. The van der Waals surface area contributed by atoms with Gasteiger partial charge < -0.3 is 11.1 Å². The monoisotopic (exact) mass is 311 g/mol. The molecule has 0 aliphatic carbocycles. The van der Waals surface area contributed by atoms with Crippen molar-refractivity contribution in [3.63, 3.8) is 0 Å². The number of rotatable bonds is 3. The van der Waals surface area contributed by atoms with Crippen molar-refractivity contribution in [2.24, 2.45) is 11.8 Å². The zero-order chi connectivity index (χ0) is 15.8. The van der Waals surface area contributed by atoms with E-state index in [-0.39, 0.29) is 11.5 Å². The molecule has 0 unspecified atom stereocenters. The fourth-order valence-corrected chi connectivity index (χ4v) is 3.71. The molecular formula is C17H21N5O. The number of nitrogens with zero attached hydrogens (tertiary/aromatic N) is 3. The van der Waals surface area contributed by atoms with Gasteiger partial charge in [-0.2, -0.15) is 4.98 Å². The summed E-state index contributed by atoms with van der Waals surface area (Å²) in [5, 5.41) is 3.47. The first-order valence-electron chi connectivity index (χ1n) is 8.06. The second kappa shape index (κ2) is 5.79. The summed E-state index contributed by atoms with van der Waals surface area (Å²) in [4.78, 5) is 18.2. The van der Waals surface area contributed by atoms with Gasteiger partial charge in [0.1, 0.15) is 5.82 Å². The molecule has 0 amide bonds. The average molecular weight is 311 g/mol. The van der Waals surface area contributed by atoms with Crippen LogP contribution in [0.4, 0.5) is 5.82 Å². The van der Waals surface area contributed by atoms with Crippen molar-refractivity contribution in [3.8, 4) is 5.69 Å². The highest BCUT2D eigenvalue weighted by molar-refractivity contribution is 5.36. The van der Waals surface area contributed by atoms with Gasteiger partial charge in [0.15, 0.2) is 0 Å². The Morgan fingerprint density at radius 3 is 2.48 bits per heavy atom. The van der Waals surface area contributed by atoms with Crippen LogP contribution in [0.3, 0.4) is 0 Å². The molecule has 2 aliphatic rings. The molecule has 0 bridgehead atoms. The molecule has 6 heteroatoms. The average Bonchev–Trinajstić information content (AvgIpc) is 3.10. The summed E-state index contributed by atoms with van der Waals surface area (Å²) in [6.45, 7) is 5.66. The van der Waals surface area contributed by atoms with E-state index in [0.717, 1.165) is 37.2 Å². The third kappa shape index (κ3) is 2.87. The molecule has 0 radical (unpaired) electrons. The second-order valence-electron chi connectivity index (χ2n) is 6.54. The molecule has 120 valence electrons. The molecule has 2 fully saturated rings. The Balaban J connectivity index is 1.47. The molecule has 23 heavy (non-hydrogen) atoms. The summed E-state index contributed by atoms with van der Waals surface area (Å²) in [6.07, 6.45) is 1.66. The molecule has 0 saturated carbocycles. The number of hydrogen-bond donors (Lipinski definition) is 2. The van der Waals surface area contributed by atoms with Crippen LogP contribution in [0.15, 0.2) is 41.3 Å². The topological polar surface area (TPSA) is 76.2 Å². The molecule has 2 atom stereocenters. The van der Waals surface area contributed by atoms with Gasteiger partial charge in [-0.05, 0) is 48.7 Å². The van der Waals surface area contributed by atoms with Crippen LogP contribution in [0.1, 0.15) is 5.56 Å². The maximum Gasteiger partial charge on any atom is 0.354 e. The fourth-order valence-electron chi connectivity index (χ4n) is 3.71. The summed E-state index contributed by atoms with van der Waals surface area (Å²) in [7, 11) is 0. The lowest BCUT2D eigenvalue weighted by atomic mass is 10.0. The van der Waals surface area contributed by atoms with Crippen LogP contribution < -0.4 is 16.7 Å². The fraction of sp³-hybridized carbons (Fsp3) is 0.412. The van der Waals surface area contributed by atoms with Crippen molar-refractivity contribution < 1.29 is 0 Å². The van der Waals surface area contributed by atoms with Gasteiger partial charge in [0.25, 0.3) is 0 Å². The lowest BCUT2D eigenvalue weighted by molar-refractivity contribution is 0.305. The van der Waals surface area contributed by atoms with Gasteiger partial charge in [-0.15, -0.1) is 0 Å². The van der Waals surface area contributed by atoms with Crippen molar-refractivity contribution in [1.29, 1.82) is 0 Å². The number of anilines is 1. The standard InChI is InChI=1S/C17H21N5O/c18-16-5-6-22(17(23)20-16)15-3-1-12(2-4-15)9-21-10-13-7-19-8-14(13)11-21/h1-6,13-14,19H,7-11H2,(H2,18,20,23)/t13-,14+. The van der Waals surface area contributed by atoms with E-state index in [1.807, 2.05) is 12.1 Å². The third-order valence-electron chi connectivity index (χ3n) is 4.91. The SMILES string of the molecule is Nc1ccn(-c2ccc(CN3C[C@H]4CNC[C@H]4C3)cc2)c(=O)n1. The van der Waals surface area contributed by atoms with E-state index >= 15 is 0 Å². The number of likely N-dealkylation sites (tertiary alicyclic amines) is 1. The largest absolute Gasteiger partial charge is 0.383 e. The van der Waals surface area contributed by atoms with E-state index in [4.69, 9.17) is 5.73 Å².